The number of amides is 1. The number of rotatable bonds is 5. The first-order chi connectivity index (χ1) is 10.9. The van der Waals surface area contributed by atoms with Gasteiger partial charge in [0.25, 0.3) is 0 Å². The molecule has 5 nitrogen and oxygen atoms in total. The lowest BCUT2D eigenvalue weighted by Gasteiger charge is -2.35. The van der Waals surface area contributed by atoms with Crippen LogP contribution in [0.1, 0.15) is 32.3 Å². The molecular weight excluding hydrogens is 292 g/mol. The smallest absolute Gasteiger partial charge is 0.222 e. The van der Waals surface area contributed by atoms with Gasteiger partial charge in [0.05, 0.1) is 14.2 Å². The molecule has 2 rings (SSSR count). The van der Waals surface area contributed by atoms with Crippen molar-refractivity contribution in [2.75, 3.05) is 33.0 Å². The Labute approximate surface area is 138 Å². The second-order valence-corrected chi connectivity index (χ2v) is 6.65. The molecule has 1 fully saturated rings. The van der Waals surface area contributed by atoms with Gasteiger partial charge in [-0.1, -0.05) is 13.8 Å². The van der Waals surface area contributed by atoms with Crippen LogP contribution in [-0.2, 0) is 11.2 Å². The van der Waals surface area contributed by atoms with Crippen molar-refractivity contribution in [2.45, 2.75) is 33.1 Å². The van der Waals surface area contributed by atoms with Crippen LogP contribution in [-0.4, -0.2) is 38.1 Å². The molecule has 128 valence electrons. The number of hydrogen-bond donors (Lipinski definition) is 1. The maximum absolute atomic E-state index is 12.5. The van der Waals surface area contributed by atoms with Crippen LogP contribution in [0.15, 0.2) is 12.1 Å². The third-order valence-corrected chi connectivity index (χ3v) is 4.48. The summed E-state index contributed by atoms with van der Waals surface area (Å²) in [6, 6.07) is 3.62. The maximum atomic E-state index is 12.5. The van der Waals surface area contributed by atoms with Gasteiger partial charge in [-0.3, -0.25) is 4.79 Å². The van der Waals surface area contributed by atoms with E-state index in [4.69, 9.17) is 15.2 Å². The average molecular weight is 320 g/mol. The Morgan fingerprint density at radius 2 is 1.74 bits per heavy atom. The number of ether oxygens (including phenoxy) is 2. The fourth-order valence-corrected chi connectivity index (χ4v) is 3.42. The summed E-state index contributed by atoms with van der Waals surface area (Å²) in [5, 5.41) is 0. The van der Waals surface area contributed by atoms with Gasteiger partial charge in [0.2, 0.25) is 5.91 Å². The van der Waals surface area contributed by atoms with Crippen molar-refractivity contribution in [1.82, 2.24) is 4.90 Å². The Bertz CT molecular complexity index is 549. The predicted molar refractivity (Wildman–Crippen MR) is 91.8 cm³/mol. The summed E-state index contributed by atoms with van der Waals surface area (Å²) in [4.78, 5) is 14.5. The molecular formula is C18H28N2O3. The molecule has 2 unspecified atom stereocenters. The highest BCUT2D eigenvalue weighted by atomic mass is 16.5. The molecule has 0 aliphatic carbocycles. The zero-order chi connectivity index (χ0) is 17.0. The number of anilines is 1. The molecule has 2 N–H and O–H groups in total. The van der Waals surface area contributed by atoms with Crippen LogP contribution < -0.4 is 15.2 Å². The SMILES string of the molecule is COc1cc(N)c(CCC(=O)N2CC(C)CC(C)C2)cc1OC. The van der Waals surface area contributed by atoms with Crippen molar-refractivity contribution in [1.29, 1.82) is 0 Å². The summed E-state index contributed by atoms with van der Waals surface area (Å²) in [6.07, 6.45) is 2.29. The largest absolute Gasteiger partial charge is 0.493 e. The van der Waals surface area contributed by atoms with Gasteiger partial charge in [-0.2, -0.15) is 0 Å². The summed E-state index contributed by atoms with van der Waals surface area (Å²) < 4.78 is 10.5. The average Bonchev–Trinajstić information content (AvgIpc) is 2.52. The number of piperidine rings is 1. The first-order valence-electron chi connectivity index (χ1n) is 8.22. The molecule has 1 amide bonds. The highest BCUT2D eigenvalue weighted by Gasteiger charge is 2.25. The van der Waals surface area contributed by atoms with E-state index in [1.54, 1.807) is 20.3 Å². The predicted octanol–water partition coefficient (Wildman–Crippen LogP) is 2.72. The Morgan fingerprint density at radius 3 is 2.30 bits per heavy atom. The van der Waals surface area contributed by atoms with Gasteiger partial charge in [0.1, 0.15) is 0 Å². The van der Waals surface area contributed by atoms with Crippen LogP contribution in [0.5, 0.6) is 11.5 Å². The molecule has 1 heterocycles. The minimum atomic E-state index is 0.206. The Morgan fingerprint density at radius 1 is 1.17 bits per heavy atom. The Hall–Kier alpha value is -1.91. The summed E-state index contributed by atoms with van der Waals surface area (Å²) in [5.74, 6) is 2.61. The van der Waals surface area contributed by atoms with Crippen molar-refractivity contribution < 1.29 is 14.3 Å². The maximum Gasteiger partial charge on any atom is 0.222 e. The fraction of sp³-hybridized carbons (Fsp3) is 0.611. The molecule has 0 bridgehead atoms. The van der Waals surface area contributed by atoms with Crippen LogP contribution in [0.25, 0.3) is 0 Å². The van der Waals surface area contributed by atoms with Gasteiger partial charge in [0.15, 0.2) is 11.5 Å². The summed E-state index contributed by atoms with van der Waals surface area (Å²) in [6.45, 7) is 6.15. The molecule has 2 atom stereocenters. The van der Waals surface area contributed by atoms with Crippen molar-refractivity contribution in [3.05, 3.63) is 17.7 Å². The van der Waals surface area contributed by atoms with Crippen molar-refractivity contribution in [2.24, 2.45) is 11.8 Å². The van der Waals surface area contributed by atoms with E-state index in [9.17, 15) is 4.79 Å². The lowest BCUT2D eigenvalue weighted by molar-refractivity contribution is -0.133. The number of nitrogen functional groups attached to an aromatic ring is 1. The second-order valence-electron chi connectivity index (χ2n) is 6.65. The number of carbonyl (C=O) groups is 1. The van der Waals surface area contributed by atoms with E-state index in [2.05, 4.69) is 13.8 Å². The number of nitrogens with two attached hydrogens (primary N) is 1. The lowest BCUT2D eigenvalue weighted by Crippen LogP contribution is -2.42. The highest BCUT2D eigenvalue weighted by molar-refractivity contribution is 5.77. The first kappa shape index (κ1) is 17.4. The van der Waals surface area contributed by atoms with E-state index < -0.39 is 0 Å². The first-order valence-corrected chi connectivity index (χ1v) is 8.22. The molecule has 1 aliphatic heterocycles. The van der Waals surface area contributed by atoms with E-state index in [1.165, 1.54) is 6.42 Å². The van der Waals surface area contributed by atoms with E-state index in [0.717, 1.165) is 18.7 Å². The second kappa shape index (κ2) is 7.57. The van der Waals surface area contributed by atoms with E-state index in [0.29, 0.717) is 41.9 Å². The van der Waals surface area contributed by atoms with Gasteiger partial charge in [-0.15, -0.1) is 0 Å². The molecule has 1 aromatic carbocycles. The lowest BCUT2D eigenvalue weighted by atomic mass is 9.91. The molecule has 1 saturated heterocycles. The number of aryl methyl sites for hydroxylation is 1. The molecule has 1 aliphatic rings. The molecule has 0 saturated carbocycles. The minimum Gasteiger partial charge on any atom is -0.493 e. The van der Waals surface area contributed by atoms with Crippen LogP contribution in [0.2, 0.25) is 0 Å². The highest BCUT2D eigenvalue weighted by Crippen LogP contribution is 2.32. The molecule has 1 aromatic rings. The van der Waals surface area contributed by atoms with Gasteiger partial charge in [-0.05, 0) is 36.3 Å². The Balaban J connectivity index is 2.01. The van der Waals surface area contributed by atoms with Gasteiger partial charge in [-0.25, -0.2) is 0 Å². The van der Waals surface area contributed by atoms with E-state index in [-0.39, 0.29) is 5.91 Å². The molecule has 0 radical (unpaired) electrons. The minimum absolute atomic E-state index is 0.206. The van der Waals surface area contributed by atoms with E-state index in [1.807, 2.05) is 11.0 Å². The van der Waals surface area contributed by atoms with E-state index >= 15 is 0 Å². The third-order valence-electron chi connectivity index (χ3n) is 4.48. The van der Waals surface area contributed by atoms with Gasteiger partial charge < -0.3 is 20.1 Å². The van der Waals surface area contributed by atoms with Gasteiger partial charge >= 0.3 is 0 Å². The molecule has 0 spiro atoms. The zero-order valence-corrected chi connectivity index (χ0v) is 14.6. The quantitative estimate of drug-likeness (QED) is 0.847. The molecule has 0 aromatic heterocycles. The summed E-state index contributed by atoms with van der Waals surface area (Å²) in [7, 11) is 3.18. The molecule has 5 heteroatoms. The number of carbonyl (C=O) groups excluding carboxylic acids is 1. The van der Waals surface area contributed by atoms with Crippen LogP contribution >= 0.6 is 0 Å². The summed E-state index contributed by atoms with van der Waals surface area (Å²) >= 11 is 0. The number of hydrogen-bond acceptors (Lipinski definition) is 4. The molecule has 23 heavy (non-hydrogen) atoms. The zero-order valence-electron chi connectivity index (χ0n) is 14.6. The third kappa shape index (κ3) is 4.30. The number of methoxy groups -OCH3 is 2. The van der Waals surface area contributed by atoms with Crippen molar-refractivity contribution in [3.8, 4) is 11.5 Å². The van der Waals surface area contributed by atoms with Crippen LogP contribution in [0, 0.1) is 11.8 Å². The standard InChI is InChI=1S/C18H28N2O3/c1-12-7-13(2)11-20(10-12)18(21)6-5-14-8-16(22-3)17(23-4)9-15(14)19/h8-9,12-13H,5-7,10-11,19H2,1-4H3. The number of benzene rings is 1. The van der Waals surface area contributed by atoms with Crippen LogP contribution in [0.4, 0.5) is 5.69 Å². The fourth-order valence-electron chi connectivity index (χ4n) is 3.42. The van der Waals surface area contributed by atoms with Gasteiger partial charge in [0, 0.05) is 31.3 Å². The number of nitrogens with zero attached hydrogens (tertiary/aromatic N) is 1. The Kier molecular flexibility index (Phi) is 5.74. The van der Waals surface area contributed by atoms with Crippen LogP contribution in [0.3, 0.4) is 0 Å². The monoisotopic (exact) mass is 320 g/mol. The summed E-state index contributed by atoms with van der Waals surface area (Å²) in [5.41, 5.74) is 7.63. The van der Waals surface area contributed by atoms with Crippen molar-refractivity contribution in [3.63, 3.8) is 0 Å². The van der Waals surface area contributed by atoms with Crippen molar-refractivity contribution >= 4 is 11.6 Å². The normalized spacial score (nSPS) is 21.1. The topological polar surface area (TPSA) is 64.8 Å². The number of likely N-dealkylation sites (tertiary alicyclic amines) is 1.